The summed E-state index contributed by atoms with van der Waals surface area (Å²) in [5.41, 5.74) is 4.65. The van der Waals surface area contributed by atoms with Gasteiger partial charge in [0.15, 0.2) is 17.0 Å². The number of hydrazine groups is 1. The van der Waals surface area contributed by atoms with Crippen LogP contribution in [0.4, 0.5) is 5.82 Å². The van der Waals surface area contributed by atoms with Crippen LogP contribution in [-0.2, 0) is 6.42 Å². The van der Waals surface area contributed by atoms with Crippen LogP contribution in [0.15, 0.2) is 36.9 Å². The van der Waals surface area contributed by atoms with Gasteiger partial charge in [0.25, 0.3) is 0 Å². The molecule has 136 valence electrons. The lowest BCUT2D eigenvalue weighted by Crippen LogP contribution is -2.30. The minimum absolute atomic E-state index is 0.0810. The summed E-state index contributed by atoms with van der Waals surface area (Å²) in [6.07, 6.45) is 2.51. The average Bonchev–Trinajstić information content (AvgIpc) is 3.20. The van der Waals surface area contributed by atoms with Crippen molar-refractivity contribution in [3.63, 3.8) is 0 Å². The lowest BCUT2D eigenvalue weighted by molar-refractivity contribution is 0.00676. The minimum atomic E-state index is -0.908. The number of nitrogens with one attached hydrogen (secondary N) is 1. The first kappa shape index (κ1) is 17.2. The van der Waals surface area contributed by atoms with E-state index in [9.17, 15) is 10.2 Å². The zero-order chi connectivity index (χ0) is 18.3. The zero-order valence-electron chi connectivity index (χ0n) is 13.8. The molecule has 2 aromatic heterocycles. The van der Waals surface area contributed by atoms with Crippen molar-refractivity contribution in [3.8, 4) is 0 Å². The van der Waals surface area contributed by atoms with E-state index in [0.717, 1.165) is 5.56 Å². The second-order valence-electron chi connectivity index (χ2n) is 6.57. The Bertz CT molecular complexity index is 915. The van der Waals surface area contributed by atoms with E-state index < -0.39 is 12.2 Å². The van der Waals surface area contributed by atoms with Crippen molar-refractivity contribution in [2.75, 3.05) is 5.43 Å². The molecule has 0 amide bonds. The van der Waals surface area contributed by atoms with Crippen molar-refractivity contribution in [3.05, 3.63) is 47.5 Å². The SMILES string of the molecule is NNc1ncnc2c1ncn2[C@@H]1C[C@H](Cc2ccc(Cl)cc2)[C@@H](O)[C@H]1O. The Morgan fingerprint density at radius 2 is 1.92 bits per heavy atom. The maximum absolute atomic E-state index is 10.6. The van der Waals surface area contributed by atoms with Crippen LogP contribution in [0, 0.1) is 5.92 Å². The maximum Gasteiger partial charge on any atom is 0.171 e. The normalized spacial score (nSPS) is 25.7. The topological polar surface area (TPSA) is 122 Å². The highest BCUT2D eigenvalue weighted by Gasteiger charge is 2.42. The summed E-state index contributed by atoms with van der Waals surface area (Å²) < 4.78 is 1.79. The summed E-state index contributed by atoms with van der Waals surface area (Å²) in [6, 6.07) is 7.20. The van der Waals surface area contributed by atoms with Crippen molar-refractivity contribution < 1.29 is 10.2 Å². The summed E-state index contributed by atoms with van der Waals surface area (Å²) in [5.74, 6) is 5.79. The molecular formula is C17H19ClN6O2. The molecule has 0 saturated heterocycles. The quantitative estimate of drug-likeness (QED) is 0.401. The van der Waals surface area contributed by atoms with E-state index in [-0.39, 0.29) is 12.0 Å². The van der Waals surface area contributed by atoms with E-state index in [1.54, 1.807) is 10.9 Å². The third-order valence-corrected chi connectivity index (χ3v) is 5.29. The highest BCUT2D eigenvalue weighted by Crippen LogP contribution is 2.38. The van der Waals surface area contributed by atoms with Crippen LogP contribution in [0.3, 0.4) is 0 Å². The van der Waals surface area contributed by atoms with Crippen LogP contribution in [0.2, 0.25) is 5.02 Å². The van der Waals surface area contributed by atoms with E-state index in [2.05, 4.69) is 20.4 Å². The van der Waals surface area contributed by atoms with Gasteiger partial charge in [-0.3, -0.25) is 0 Å². The molecular weight excluding hydrogens is 356 g/mol. The number of hydrogen-bond donors (Lipinski definition) is 4. The first-order chi connectivity index (χ1) is 12.6. The van der Waals surface area contributed by atoms with Gasteiger partial charge in [-0.25, -0.2) is 20.8 Å². The van der Waals surface area contributed by atoms with Crippen LogP contribution in [0.1, 0.15) is 18.0 Å². The predicted molar refractivity (Wildman–Crippen MR) is 97.4 cm³/mol. The van der Waals surface area contributed by atoms with Gasteiger partial charge in [-0.05, 0) is 36.5 Å². The number of imidazole rings is 1. The van der Waals surface area contributed by atoms with Crippen LogP contribution >= 0.6 is 11.6 Å². The molecule has 0 bridgehead atoms. The summed E-state index contributed by atoms with van der Waals surface area (Å²) in [7, 11) is 0. The molecule has 0 radical (unpaired) electrons. The number of benzene rings is 1. The standard InChI is InChI=1S/C17H19ClN6O2/c18-11-3-1-9(2-4-11)5-10-6-12(15(26)14(10)25)24-8-22-13-16(23-19)20-7-21-17(13)24/h1-4,7-8,10,12,14-15,25-26H,5-6,19H2,(H,20,21,23)/t10-,12+,14+,15-/m0/s1. The highest BCUT2D eigenvalue weighted by atomic mass is 35.5. The van der Waals surface area contributed by atoms with Crippen molar-refractivity contribution in [1.82, 2.24) is 19.5 Å². The van der Waals surface area contributed by atoms with E-state index in [1.165, 1.54) is 6.33 Å². The number of aliphatic hydroxyl groups excluding tert-OH is 2. The van der Waals surface area contributed by atoms with Gasteiger partial charge < -0.3 is 20.2 Å². The van der Waals surface area contributed by atoms with E-state index in [1.807, 2.05) is 24.3 Å². The van der Waals surface area contributed by atoms with Gasteiger partial charge in [0.2, 0.25) is 0 Å². The number of fused-ring (bicyclic) bond motifs is 1. The number of nitrogen functional groups attached to an aromatic ring is 1. The van der Waals surface area contributed by atoms with Gasteiger partial charge in [0, 0.05) is 5.02 Å². The Balaban J connectivity index is 1.61. The maximum atomic E-state index is 10.6. The average molecular weight is 375 g/mol. The second kappa shape index (κ2) is 6.81. The number of aromatic nitrogens is 4. The van der Waals surface area contributed by atoms with Crippen LogP contribution < -0.4 is 11.3 Å². The molecule has 8 nitrogen and oxygen atoms in total. The summed E-state index contributed by atoms with van der Waals surface area (Å²) in [6.45, 7) is 0. The van der Waals surface area contributed by atoms with E-state index in [0.29, 0.717) is 34.8 Å². The number of hydrogen-bond acceptors (Lipinski definition) is 7. The summed E-state index contributed by atoms with van der Waals surface area (Å²) >= 11 is 5.93. The second-order valence-corrected chi connectivity index (χ2v) is 7.00. The molecule has 5 N–H and O–H groups in total. The minimum Gasteiger partial charge on any atom is -0.390 e. The molecule has 0 unspecified atom stereocenters. The molecule has 0 aliphatic heterocycles. The molecule has 3 aromatic rings. The molecule has 26 heavy (non-hydrogen) atoms. The van der Waals surface area contributed by atoms with E-state index in [4.69, 9.17) is 17.4 Å². The Morgan fingerprint density at radius 3 is 2.65 bits per heavy atom. The summed E-state index contributed by atoms with van der Waals surface area (Å²) in [5, 5.41) is 21.8. The Hall–Kier alpha value is -2.26. The molecule has 4 atom stereocenters. The Labute approximate surface area is 154 Å². The fraction of sp³-hybridized carbons (Fsp3) is 0.353. The van der Waals surface area contributed by atoms with Crippen molar-refractivity contribution >= 4 is 28.6 Å². The first-order valence-electron chi connectivity index (χ1n) is 8.33. The summed E-state index contributed by atoms with van der Waals surface area (Å²) in [4.78, 5) is 12.6. The smallest absolute Gasteiger partial charge is 0.171 e. The van der Waals surface area contributed by atoms with Crippen molar-refractivity contribution in [2.24, 2.45) is 11.8 Å². The molecule has 1 saturated carbocycles. The van der Waals surface area contributed by atoms with Crippen LogP contribution in [0.25, 0.3) is 11.2 Å². The fourth-order valence-corrected chi connectivity index (χ4v) is 3.83. The molecule has 1 fully saturated rings. The van der Waals surface area contributed by atoms with Gasteiger partial charge in [-0.1, -0.05) is 23.7 Å². The third kappa shape index (κ3) is 2.90. The Kier molecular flexibility index (Phi) is 4.49. The fourth-order valence-electron chi connectivity index (χ4n) is 3.70. The van der Waals surface area contributed by atoms with Crippen LogP contribution in [0.5, 0.6) is 0 Å². The number of nitrogens with zero attached hydrogens (tertiary/aromatic N) is 4. The largest absolute Gasteiger partial charge is 0.390 e. The molecule has 0 spiro atoms. The molecule has 1 aliphatic rings. The Morgan fingerprint density at radius 1 is 1.15 bits per heavy atom. The number of nitrogens with two attached hydrogens (primary N) is 1. The van der Waals surface area contributed by atoms with Crippen molar-refractivity contribution in [1.29, 1.82) is 0 Å². The lowest BCUT2D eigenvalue weighted by atomic mass is 9.96. The number of anilines is 1. The van der Waals surface area contributed by atoms with Gasteiger partial charge in [0.1, 0.15) is 12.4 Å². The van der Waals surface area contributed by atoms with Crippen LogP contribution in [-0.4, -0.2) is 41.9 Å². The highest BCUT2D eigenvalue weighted by molar-refractivity contribution is 6.30. The third-order valence-electron chi connectivity index (χ3n) is 5.04. The predicted octanol–water partition coefficient (Wildman–Crippen LogP) is 1.29. The van der Waals surface area contributed by atoms with Crippen molar-refractivity contribution in [2.45, 2.75) is 31.1 Å². The monoisotopic (exact) mass is 374 g/mol. The lowest BCUT2D eigenvalue weighted by Gasteiger charge is -2.18. The van der Waals surface area contributed by atoms with Gasteiger partial charge in [-0.15, -0.1) is 0 Å². The molecule has 2 heterocycles. The van der Waals surface area contributed by atoms with E-state index >= 15 is 0 Å². The molecule has 4 rings (SSSR count). The molecule has 1 aliphatic carbocycles. The first-order valence-corrected chi connectivity index (χ1v) is 8.71. The zero-order valence-corrected chi connectivity index (χ0v) is 14.6. The molecule has 1 aromatic carbocycles. The van der Waals surface area contributed by atoms with Gasteiger partial charge in [0.05, 0.1) is 18.5 Å². The van der Waals surface area contributed by atoms with Gasteiger partial charge >= 0.3 is 0 Å². The number of rotatable bonds is 4. The molecule has 9 heteroatoms. The van der Waals surface area contributed by atoms with Gasteiger partial charge in [-0.2, -0.15) is 0 Å². The number of aliphatic hydroxyl groups is 2. The number of halogens is 1.